The fourth-order valence-corrected chi connectivity index (χ4v) is 3.48. The van der Waals surface area contributed by atoms with Gasteiger partial charge in [-0.3, -0.25) is 9.52 Å². The summed E-state index contributed by atoms with van der Waals surface area (Å²) in [6.07, 6.45) is 1.76. The maximum absolute atomic E-state index is 13.7. The van der Waals surface area contributed by atoms with Crippen LogP contribution >= 0.6 is 0 Å². The van der Waals surface area contributed by atoms with E-state index < -0.39 is 15.8 Å². The van der Waals surface area contributed by atoms with E-state index in [1.165, 1.54) is 42.5 Å². The average Bonchev–Trinajstić information content (AvgIpc) is 2.57. The quantitative estimate of drug-likeness (QED) is 0.789. The number of nitrogens with one attached hydrogen (secondary N) is 2. The third-order valence-corrected chi connectivity index (χ3v) is 4.99. The smallest absolute Gasteiger partial charge is 0.262 e. The molecular formula is C18H21FN2O3S. The Morgan fingerprint density at radius 3 is 2.56 bits per heavy atom. The van der Waals surface area contributed by atoms with Crippen molar-refractivity contribution in [1.82, 2.24) is 5.32 Å². The van der Waals surface area contributed by atoms with E-state index in [1.54, 1.807) is 0 Å². The van der Waals surface area contributed by atoms with Crippen molar-refractivity contribution in [2.24, 2.45) is 0 Å². The lowest BCUT2D eigenvalue weighted by atomic mass is 10.1. The van der Waals surface area contributed by atoms with E-state index in [1.807, 2.05) is 13.8 Å². The molecular weight excluding hydrogens is 343 g/mol. The van der Waals surface area contributed by atoms with E-state index in [0.29, 0.717) is 0 Å². The van der Waals surface area contributed by atoms with Crippen LogP contribution in [0.1, 0.15) is 37.0 Å². The fraction of sp³-hybridized carbons (Fsp3) is 0.278. The number of rotatable bonds is 7. The van der Waals surface area contributed by atoms with Crippen molar-refractivity contribution in [2.75, 3.05) is 4.72 Å². The first-order valence-corrected chi connectivity index (χ1v) is 9.50. The van der Waals surface area contributed by atoms with E-state index >= 15 is 0 Å². The van der Waals surface area contributed by atoms with Crippen molar-refractivity contribution in [3.05, 3.63) is 59.9 Å². The van der Waals surface area contributed by atoms with Crippen molar-refractivity contribution in [3.63, 3.8) is 0 Å². The minimum Gasteiger partial charge on any atom is -0.350 e. The van der Waals surface area contributed by atoms with Gasteiger partial charge < -0.3 is 5.32 Å². The molecule has 0 spiro atoms. The predicted octanol–water partition coefficient (Wildman–Crippen LogP) is 3.54. The summed E-state index contributed by atoms with van der Waals surface area (Å²) in [4.78, 5) is 12.1. The number of sulfonamides is 1. The summed E-state index contributed by atoms with van der Waals surface area (Å²) in [6, 6.07) is 11.1. The Bertz CT molecular complexity index is 853. The molecule has 2 aromatic carbocycles. The summed E-state index contributed by atoms with van der Waals surface area (Å²) >= 11 is 0. The minimum absolute atomic E-state index is 0.00528. The molecule has 0 aliphatic rings. The van der Waals surface area contributed by atoms with Crippen LogP contribution in [-0.2, 0) is 10.0 Å². The van der Waals surface area contributed by atoms with Gasteiger partial charge in [0.2, 0.25) is 0 Å². The van der Waals surface area contributed by atoms with E-state index in [0.717, 1.165) is 18.9 Å². The van der Waals surface area contributed by atoms with Crippen LogP contribution in [0.4, 0.5) is 10.1 Å². The third-order valence-electron chi connectivity index (χ3n) is 3.62. The highest BCUT2D eigenvalue weighted by molar-refractivity contribution is 7.92. The van der Waals surface area contributed by atoms with Gasteiger partial charge in [0.25, 0.3) is 15.9 Å². The maximum atomic E-state index is 13.7. The van der Waals surface area contributed by atoms with Crippen LogP contribution in [0.25, 0.3) is 0 Å². The largest absolute Gasteiger partial charge is 0.350 e. The molecule has 1 atom stereocenters. The Labute approximate surface area is 147 Å². The Morgan fingerprint density at radius 2 is 1.88 bits per heavy atom. The van der Waals surface area contributed by atoms with Crippen molar-refractivity contribution < 1.29 is 17.6 Å². The number of halogens is 1. The van der Waals surface area contributed by atoms with Gasteiger partial charge in [-0.25, -0.2) is 12.8 Å². The topological polar surface area (TPSA) is 75.3 Å². The van der Waals surface area contributed by atoms with Gasteiger partial charge in [0.1, 0.15) is 5.82 Å². The fourth-order valence-electron chi connectivity index (χ4n) is 2.36. The molecule has 0 unspecified atom stereocenters. The molecule has 0 aliphatic heterocycles. The van der Waals surface area contributed by atoms with Crippen LogP contribution in [0.3, 0.4) is 0 Å². The van der Waals surface area contributed by atoms with Crippen LogP contribution in [-0.4, -0.2) is 20.4 Å². The Morgan fingerprint density at radius 1 is 1.16 bits per heavy atom. The van der Waals surface area contributed by atoms with E-state index in [4.69, 9.17) is 0 Å². The SMILES string of the molecule is CCC[C@H](C)NC(=O)c1cccc(S(=O)(=O)Nc2ccccc2F)c1. The van der Waals surface area contributed by atoms with Crippen LogP contribution in [0.15, 0.2) is 53.4 Å². The number of hydrogen-bond donors (Lipinski definition) is 2. The second-order valence-corrected chi connectivity index (χ2v) is 7.46. The molecule has 2 aromatic rings. The lowest BCUT2D eigenvalue weighted by molar-refractivity contribution is 0.0938. The molecule has 0 aromatic heterocycles. The first-order valence-electron chi connectivity index (χ1n) is 8.01. The molecule has 2 rings (SSSR count). The average molecular weight is 364 g/mol. The van der Waals surface area contributed by atoms with Gasteiger partial charge >= 0.3 is 0 Å². The van der Waals surface area contributed by atoms with Crippen molar-refractivity contribution in [2.45, 2.75) is 37.6 Å². The maximum Gasteiger partial charge on any atom is 0.262 e. The number of amides is 1. The molecule has 0 aliphatic carbocycles. The third kappa shape index (κ3) is 5.03. The van der Waals surface area contributed by atoms with Gasteiger partial charge in [-0.15, -0.1) is 0 Å². The molecule has 2 N–H and O–H groups in total. The van der Waals surface area contributed by atoms with Crippen molar-refractivity contribution in [3.8, 4) is 0 Å². The van der Waals surface area contributed by atoms with Gasteiger partial charge in [-0.2, -0.15) is 0 Å². The van der Waals surface area contributed by atoms with Crippen LogP contribution in [0.5, 0.6) is 0 Å². The van der Waals surface area contributed by atoms with E-state index in [9.17, 15) is 17.6 Å². The standard InChI is InChI=1S/C18H21FN2O3S/c1-3-7-13(2)20-18(22)14-8-6-9-15(12-14)25(23,24)21-17-11-5-4-10-16(17)19/h4-6,8-13,21H,3,7H2,1-2H3,(H,20,22)/t13-/m0/s1. The number of benzene rings is 2. The summed E-state index contributed by atoms with van der Waals surface area (Å²) in [6.45, 7) is 3.91. The Kier molecular flexibility index (Phi) is 6.14. The second kappa shape index (κ2) is 8.11. The highest BCUT2D eigenvalue weighted by Gasteiger charge is 2.18. The minimum atomic E-state index is -4.00. The summed E-state index contributed by atoms with van der Waals surface area (Å²) in [5, 5.41) is 2.82. The van der Waals surface area contributed by atoms with Crippen LogP contribution < -0.4 is 10.0 Å². The highest BCUT2D eigenvalue weighted by Crippen LogP contribution is 2.19. The molecule has 5 nitrogen and oxygen atoms in total. The predicted molar refractivity (Wildman–Crippen MR) is 95.5 cm³/mol. The molecule has 0 saturated carbocycles. The Hall–Kier alpha value is -2.41. The first kappa shape index (κ1) is 18.9. The van der Waals surface area contributed by atoms with Gasteiger partial charge in [-0.1, -0.05) is 31.5 Å². The lowest BCUT2D eigenvalue weighted by Gasteiger charge is -2.13. The van der Waals surface area contributed by atoms with E-state index in [2.05, 4.69) is 10.0 Å². The molecule has 134 valence electrons. The van der Waals surface area contributed by atoms with Gasteiger partial charge in [0.15, 0.2) is 0 Å². The lowest BCUT2D eigenvalue weighted by Crippen LogP contribution is -2.32. The van der Waals surface area contributed by atoms with Crippen LogP contribution in [0.2, 0.25) is 0 Å². The molecule has 0 fully saturated rings. The summed E-state index contributed by atoms with van der Waals surface area (Å²) < 4.78 is 40.8. The zero-order valence-electron chi connectivity index (χ0n) is 14.1. The molecule has 7 heteroatoms. The zero-order chi connectivity index (χ0) is 18.4. The number of anilines is 1. The van der Waals surface area contributed by atoms with Gasteiger partial charge in [0.05, 0.1) is 10.6 Å². The van der Waals surface area contributed by atoms with Gasteiger partial charge in [-0.05, 0) is 43.7 Å². The van der Waals surface area contributed by atoms with E-state index in [-0.39, 0.29) is 28.1 Å². The number of hydrogen-bond acceptors (Lipinski definition) is 3. The molecule has 0 radical (unpaired) electrons. The molecule has 0 bridgehead atoms. The van der Waals surface area contributed by atoms with Crippen molar-refractivity contribution in [1.29, 1.82) is 0 Å². The first-order chi connectivity index (χ1) is 11.8. The molecule has 0 heterocycles. The van der Waals surface area contributed by atoms with Gasteiger partial charge in [0, 0.05) is 11.6 Å². The zero-order valence-corrected chi connectivity index (χ0v) is 14.9. The number of carbonyl (C=O) groups is 1. The monoisotopic (exact) mass is 364 g/mol. The number of carbonyl (C=O) groups excluding carboxylic acids is 1. The normalized spacial score (nSPS) is 12.4. The summed E-state index contributed by atoms with van der Waals surface area (Å²) in [5.41, 5.74) is 0.0910. The molecule has 25 heavy (non-hydrogen) atoms. The number of para-hydroxylation sites is 1. The summed E-state index contributed by atoms with van der Waals surface area (Å²) in [7, 11) is -4.00. The Balaban J connectivity index is 2.22. The van der Waals surface area contributed by atoms with Crippen LogP contribution in [0, 0.1) is 5.82 Å². The summed E-state index contributed by atoms with van der Waals surface area (Å²) in [5.74, 6) is -1.02. The highest BCUT2D eigenvalue weighted by atomic mass is 32.2. The molecule has 1 amide bonds. The molecule has 0 saturated heterocycles. The second-order valence-electron chi connectivity index (χ2n) is 5.78. The van der Waals surface area contributed by atoms with Crippen molar-refractivity contribution >= 4 is 21.6 Å².